The van der Waals surface area contributed by atoms with Gasteiger partial charge in [-0.2, -0.15) is 0 Å². The van der Waals surface area contributed by atoms with Gasteiger partial charge in [-0.3, -0.25) is 4.79 Å². The second kappa shape index (κ2) is 4.53. The fraction of sp³-hybridized carbons (Fsp3) is 0.167. The molecule has 4 heteroatoms. The first-order valence-electron chi connectivity index (χ1n) is 4.85. The molecular weight excluding hydrogens is 225 g/mol. The highest BCUT2D eigenvalue weighted by Gasteiger charge is 2.09. The largest absolute Gasteiger partial charge is 0.293 e. The minimum absolute atomic E-state index is 0.0252. The Kier molecular flexibility index (Phi) is 3.10. The van der Waals surface area contributed by atoms with E-state index >= 15 is 0 Å². The number of ketones is 1. The molecule has 0 spiro atoms. The molecule has 0 fully saturated rings. The van der Waals surface area contributed by atoms with Gasteiger partial charge >= 0.3 is 0 Å². The molecule has 0 N–H and O–H groups in total. The van der Waals surface area contributed by atoms with Gasteiger partial charge in [-0.05, 0) is 24.6 Å². The fourth-order valence-electron chi connectivity index (χ4n) is 1.37. The number of benzene rings is 1. The van der Waals surface area contributed by atoms with Gasteiger partial charge in [-0.1, -0.05) is 12.1 Å². The summed E-state index contributed by atoms with van der Waals surface area (Å²) in [5.41, 5.74) is 0.817. The first-order chi connectivity index (χ1) is 7.65. The Hall–Kier alpha value is -1.55. The molecule has 0 amide bonds. The van der Waals surface area contributed by atoms with Crippen molar-refractivity contribution in [2.24, 2.45) is 0 Å². The van der Waals surface area contributed by atoms with E-state index in [2.05, 4.69) is 4.98 Å². The molecule has 0 aliphatic rings. The average Bonchev–Trinajstić information content (AvgIpc) is 2.68. The van der Waals surface area contributed by atoms with Crippen LogP contribution in [0.5, 0.6) is 0 Å². The third-order valence-corrected chi connectivity index (χ3v) is 3.13. The highest BCUT2D eigenvalue weighted by atomic mass is 32.1. The van der Waals surface area contributed by atoms with Gasteiger partial charge in [-0.15, -0.1) is 11.3 Å². The van der Waals surface area contributed by atoms with Crippen molar-refractivity contribution in [2.75, 3.05) is 0 Å². The van der Waals surface area contributed by atoms with Gasteiger partial charge in [0.05, 0.1) is 9.88 Å². The molecule has 0 saturated heterocycles. The van der Waals surface area contributed by atoms with Crippen LogP contribution in [0.1, 0.15) is 20.2 Å². The van der Waals surface area contributed by atoms with Crippen molar-refractivity contribution in [1.82, 2.24) is 4.98 Å². The summed E-state index contributed by atoms with van der Waals surface area (Å²) in [5, 5.41) is 0.877. The Morgan fingerprint density at radius 3 is 2.62 bits per heavy atom. The van der Waals surface area contributed by atoms with Crippen LogP contribution >= 0.6 is 11.3 Å². The number of aryl methyl sites for hydroxylation is 1. The second-order valence-corrected chi connectivity index (χ2v) is 4.70. The summed E-state index contributed by atoms with van der Waals surface area (Å²) >= 11 is 1.38. The van der Waals surface area contributed by atoms with Crippen LogP contribution in [0.4, 0.5) is 4.39 Å². The molecule has 82 valence electrons. The molecule has 2 rings (SSSR count). The Morgan fingerprint density at radius 1 is 1.38 bits per heavy atom. The molecule has 1 aromatic carbocycles. The van der Waals surface area contributed by atoms with E-state index < -0.39 is 0 Å². The molecule has 0 aliphatic carbocycles. The molecule has 1 aromatic heterocycles. The van der Waals surface area contributed by atoms with Crippen LogP contribution in [0.2, 0.25) is 0 Å². The maximum Gasteiger partial charge on any atom is 0.178 e. The number of aromatic nitrogens is 1. The van der Waals surface area contributed by atoms with Crippen LogP contribution < -0.4 is 0 Å². The van der Waals surface area contributed by atoms with E-state index in [0.717, 1.165) is 10.6 Å². The molecule has 16 heavy (non-hydrogen) atoms. The van der Waals surface area contributed by atoms with Crippen LogP contribution in [-0.2, 0) is 6.42 Å². The number of nitrogens with zero attached hydrogens (tertiary/aromatic N) is 1. The lowest BCUT2D eigenvalue weighted by atomic mass is 10.1. The molecule has 0 unspecified atom stereocenters. The van der Waals surface area contributed by atoms with Crippen molar-refractivity contribution in [2.45, 2.75) is 13.3 Å². The van der Waals surface area contributed by atoms with E-state index in [1.54, 1.807) is 18.3 Å². The van der Waals surface area contributed by atoms with Crippen molar-refractivity contribution in [1.29, 1.82) is 0 Å². The average molecular weight is 235 g/mol. The Bertz CT molecular complexity index is 504. The van der Waals surface area contributed by atoms with Crippen molar-refractivity contribution in [3.63, 3.8) is 0 Å². The highest BCUT2D eigenvalue weighted by Crippen LogP contribution is 2.15. The zero-order valence-electron chi connectivity index (χ0n) is 8.74. The molecule has 0 aliphatic heterocycles. The maximum atomic E-state index is 12.7. The van der Waals surface area contributed by atoms with Gasteiger partial charge in [0.25, 0.3) is 0 Å². The molecular formula is C12H10FNOS. The molecule has 0 radical (unpaired) electrons. The number of Topliss-reactive ketones (excluding diaryl/α,β-unsaturated/α-hetero) is 1. The van der Waals surface area contributed by atoms with Gasteiger partial charge in [0.1, 0.15) is 5.82 Å². The van der Waals surface area contributed by atoms with Crippen molar-refractivity contribution >= 4 is 17.1 Å². The lowest BCUT2D eigenvalue weighted by Gasteiger charge is -1.98. The SMILES string of the molecule is Cc1ncc(C(=O)Cc2ccc(F)cc2)s1. The quantitative estimate of drug-likeness (QED) is 0.765. The first-order valence-corrected chi connectivity index (χ1v) is 5.67. The summed E-state index contributed by atoms with van der Waals surface area (Å²) in [6.45, 7) is 1.86. The number of hydrogen-bond donors (Lipinski definition) is 0. The standard InChI is InChI=1S/C12H10FNOS/c1-8-14-7-12(16-8)11(15)6-9-2-4-10(13)5-3-9/h2-5,7H,6H2,1H3. The fourth-order valence-corrected chi connectivity index (χ4v) is 2.08. The lowest BCUT2D eigenvalue weighted by molar-refractivity contribution is 0.0996. The molecule has 2 aromatic rings. The number of carbonyl (C=O) groups is 1. The Labute approximate surface area is 96.8 Å². The number of halogens is 1. The summed E-state index contributed by atoms with van der Waals surface area (Å²) < 4.78 is 12.7. The maximum absolute atomic E-state index is 12.7. The molecule has 0 atom stereocenters. The van der Waals surface area contributed by atoms with Crippen molar-refractivity contribution in [3.05, 3.63) is 51.7 Å². The minimum Gasteiger partial charge on any atom is -0.293 e. The summed E-state index contributed by atoms with van der Waals surface area (Å²) in [4.78, 5) is 16.5. The van der Waals surface area contributed by atoms with Gasteiger partial charge in [0.15, 0.2) is 5.78 Å². The van der Waals surface area contributed by atoms with E-state index in [1.165, 1.54) is 23.5 Å². The summed E-state index contributed by atoms with van der Waals surface area (Å²) in [5.74, 6) is -0.262. The zero-order chi connectivity index (χ0) is 11.5. The topological polar surface area (TPSA) is 30.0 Å². The summed E-state index contributed by atoms with van der Waals surface area (Å²) in [7, 11) is 0. The molecule has 2 nitrogen and oxygen atoms in total. The summed E-state index contributed by atoms with van der Waals surface area (Å²) in [6.07, 6.45) is 1.88. The van der Waals surface area contributed by atoms with Gasteiger partial charge in [-0.25, -0.2) is 9.37 Å². The molecule has 0 saturated carbocycles. The van der Waals surface area contributed by atoms with E-state index in [0.29, 0.717) is 11.3 Å². The van der Waals surface area contributed by atoms with Crippen LogP contribution in [0.25, 0.3) is 0 Å². The third-order valence-electron chi connectivity index (χ3n) is 2.17. The van der Waals surface area contributed by atoms with E-state index in [1.807, 2.05) is 6.92 Å². The number of rotatable bonds is 3. The predicted molar refractivity (Wildman–Crippen MR) is 61.3 cm³/mol. The van der Waals surface area contributed by atoms with Crippen molar-refractivity contribution < 1.29 is 9.18 Å². The van der Waals surface area contributed by atoms with E-state index in [9.17, 15) is 9.18 Å². The smallest absolute Gasteiger partial charge is 0.178 e. The van der Waals surface area contributed by atoms with Crippen LogP contribution in [0, 0.1) is 12.7 Å². The number of carbonyl (C=O) groups excluding carboxylic acids is 1. The van der Waals surface area contributed by atoms with Crippen molar-refractivity contribution in [3.8, 4) is 0 Å². The van der Waals surface area contributed by atoms with Gasteiger partial charge in [0, 0.05) is 12.6 Å². The highest BCUT2D eigenvalue weighted by molar-refractivity contribution is 7.13. The van der Waals surface area contributed by atoms with Gasteiger partial charge in [0.2, 0.25) is 0 Å². The van der Waals surface area contributed by atoms with Crippen LogP contribution in [-0.4, -0.2) is 10.8 Å². The first kappa shape index (κ1) is 11.0. The Balaban J connectivity index is 2.10. The lowest BCUT2D eigenvalue weighted by Crippen LogP contribution is -2.00. The predicted octanol–water partition coefficient (Wildman–Crippen LogP) is 3.02. The molecule has 1 heterocycles. The number of thiazole rings is 1. The summed E-state index contributed by atoms with van der Waals surface area (Å²) in [6, 6.07) is 5.98. The van der Waals surface area contributed by atoms with E-state index in [-0.39, 0.29) is 11.6 Å². The third kappa shape index (κ3) is 2.52. The minimum atomic E-state index is -0.287. The Morgan fingerprint density at radius 2 is 2.06 bits per heavy atom. The normalized spacial score (nSPS) is 10.4. The van der Waals surface area contributed by atoms with Gasteiger partial charge < -0.3 is 0 Å². The second-order valence-electron chi connectivity index (χ2n) is 3.47. The molecule has 0 bridgehead atoms. The van der Waals surface area contributed by atoms with Crippen LogP contribution in [0.15, 0.2) is 30.5 Å². The van der Waals surface area contributed by atoms with Crippen LogP contribution in [0.3, 0.4) is 0 Å². The zero-order valence-corrected chi connectivity index (χ0v) is 9.55. The number of hydrogen-bond acceptors (Lipinski definition) is 3. The monoisotopic (exact) mass is 235 g/mol. The van der Waals surface area contributed by atoms with E-state index in [4.69, 9.17) is 0 Å².